The maximum absolute atomic E-state index is 13.3. The number of aromatic nitrogens is 2. The molecule has 28 heavy (non-hydrogen) atoms. The lowest BCUT2D eigenvalue weighted by molar-refractivity contribution is -0.116. The number of rotatable bonds is 6. The van der Waals surface area contributed by atoms with Gasteiger partial charge in [0.15, 0.2) is 0 Å². The van der Waals surface area contributed by atoms with Crippen molar-refractivity contribution in [3.8, 4) is 0 Å². The third-order valence-electron chi connectivity index (χ3n) is 4.21. The van der Waals surface area contributed by atoms with E-state index in [-0.39, 0.29) is 24.3 Å². The highest BCUT2D eigenvalue weighted by Gasteiger charge is 2.17. The highest BCUT2D eigenvalue weighted by Crippen LogP contribution is 2.16. The van der Waals surface area contributed by atoms with Gasteiger partial charge in [0.05, 0.1) is 5.52 Å². The van der Waals surface area contributed by atoms with Crippen molar-refractivity contribution in [3.63, 3.8) is 0 Å². The van der Waals surface area contributed by atoms with Crippen LogP contribution in [0, 0.1) is 17.6 Å². The molecule has 0 radical (unpaired) electrons. The normalized spacial score (nSPS) is 11.3. The molecule has 3 rings (SSSR count). The van der Waals surface area contributed by atoms with Gasteiger partial charge in [0.2, 0.25) is 5.91 Å². The molecule has 0 spiro atoms. The summed E-state index contributed by atoms with van der Waals surface area (Å²) < 4.78 is 29.3. The van der Waals surface area contributed by atoms with Gasteiger partial charge >= 0.3 is 5.69 Å². The number of benzene rings is 1. The van der Waals surface area contributed by atoms with Crippen LogP contribution in [0.1, 0.15) is 20.3 Å². The first kappa shape index (κ1) is 19.9. The Morgan fingerprint density at radius 1 is 1.14 bits per heavy atom. The number of halogens is 2. The predicted molar refractivity (Wildman–Crippen MR) is 105 cm³/mol. The van der Waals surface area contributed by atoms with E-state index in [1.807, 2.05) is 13.8 Å². The van der Waals surface area contributed by atoms with Crippen LogP contribution < -0.4 is 16.6 Å². The minimum Gasteiger partial charge on any atom is -0.324 e. The van der Waals surface area contributed by atoms with E-state index in [1.54, 1.807) is 11.4 Å². The largest absolute Gasteiger partial charge is 0.332 e. The molecule has 0 aliphatic carbocycles. The minimum atomic E-state index is -0.824. The molecular formula is C19H19F2N3O3S. The van der Waals surface area contributed by atoms with Crippen LogP contribution in [-0.2, 0) is 17.9 Å². The molecule has 0 bridgehead atoms. The number of carbonyl (C=O) groups is 1. The smallest absolute Gasteiger partial charge is 0.324 e. The highest BCUT2D eigenvalue weighted by molar-refractivity contribution is 7.17. The zero-order valence-corrected chi connectivity index (χ0v) is 16.2. The summed E-state index contributed by atoms with van der Waals surface area (Å²) in [7, 11) is 0. The summed E-state index contributed by atoms with van der Waals surface area (Å²) in [5, 5.41) is 4.05. The van der Waals surface area contributed by atoms with Crippen LogP contribution in [0.3, 0.4) is 0 Å². The van der Waals surface area contributed by atoms with Gasteiger partial charge in [-0.1, -0.05) is 13.8 Å². The second-order valence-electron chi connectivity index (χ2n) is 6.85. The number of fused-ring (bicyclic) bond motifs is 1. The van der Waals surface area contributed by atoms with E-state index >= 15 is 0 Å². The van der Waals surface area contributed by atoms with E-state index in [0.29, 0.717) is 28.6 Å². The Labute approximate surface area is 163 Å². The van der Waals surface area contributed by atoms with Crippen LogP contribution in [0.25, 0.3) is 10.2 Å². The van der Waals surface area contributed by atoms with Crippen molar-refractivity contribution in [2.75, 3.05) is 5.32 Å². The van der Waals surface area contributed by atoms with Crippen molar-refractivity contribution in [1.82, 2.24) is 9.13 Å². The molecule has 0 fully saturated rings. The Balaban J connectivity index is 1.95. The average Bonchev–Trinajstić information content (AvgIpc) is 3.07. The molecule has 1 N–H and O–H groups in total. The van der Waals surface area contributed by atoms with Crippen molar-refractivity contribution in [2.45, 2.75) is 33.4 Å². The summed E-state index contributed by atoms with van der Waals surface area (Å²) in [6.45, 7) is 3.84. The number of nitrogens with zero attached hydrogens (tertiary/aromatic N) is 2. The molecule has 0 unspecified atom stereocenters. The Kier molecular flexibility index (Phi) is 5.73. The quantitative estimate of drug-likeness (QED) is 0.682. The molecule has 1 amide bonds. The van der Waals surface area contributed by atoms with Crippen LogP contribution in [0.5, 0.6) is 0 Å². The summed E-state index contributed by atoms with van der Waals surface area (Å²) in [5.74, 6) is -1.98. The number of hydrogen-bond acceptors (Lipinski definition) is 4. The standard InChI is InChI=1S/C19H19F2N3O3S/c1-11(2)3-5-23-18(26)17-15(4-6-28-17)24(19(23)27)10-16(25)22-14-8-12(20)7-13(21)9-14/h4,6-9,11H,3,5,10H2,1-2H3,(H,22,25). The third-order valence-corrected chi connectivity index (χ3v) is 5.11. The summed E-state index contributed by atoms with van der Waals surface area (Å²) in [6.07, 6.45) is 0.640. The zero-order valence-electron chi connectivity index (χ0n) is 15.4. The number of amides is 1. The van der Waals surface area contributed by atoms with E-state index in [1.165, 1.54) is 15.9 Å². The van der Waals surface area contributed by atoms with Gasteiger partial charge in [-0.3, -0.25) is 18.7 Å². The van der Waals surface area contributed by atoms with Crippen molar-refractivity contribution in [3.05, 3.63) is 62.1 Å². The summed E-state index contributed by atoms with van der Waals surface area (Å²) in [4.78, 5) is 37.8. The Morgan fingerprint density at radius 3 is 2.46 bits per heavy atom. The average molecular weight is 407 g/mol. The van der Waals surface area contributed by atoms with Crippen molar-refractivity contribution in [1.29, 1.82) is 0 Å². The number of thiophene rings is 1. The van der Waals surface area contributed by atoms with Crippen LogP contribution in [0.4, 0.5) is 14.5 Å². The van der Waals surface area contributed by atoms with E-state index in [9.17, 15) is 23.2 Å². The molecule has 148 valence electrons. The fourth-order valence-corrected chi connectivity index (χ4v) is 3.68. The van der Waals surface area contributed by atoms with E-state index in [4.69, 9.17) is 0 Å². The van der Waals surface area contributed by atoms with Crippen molar-refractivity contribution >= 4 is 33.1 Å². The lowest BCUT2D eigenvalue weighted by atomic mass is 10.1. The van der Waals surface area contributed by atoms with Crippen LogP contribution in [0.15, 0.2) is 39.2 Å². The fraction of sp³-hybridized carbons (Fsp3) is 0.316. The Morgan fingerprint density at radius 2 is 1.82 bits per heavy atom. The second-order valence-corrected chi connectivity index (χ2v) is 7.77. The molecule has 0 saturated heterocycles. The maximum Gasteiger partial charge on any atom is 0.332 e. The maximum atomic E-state index is 13.3. The van der Waals surface area contributed by atoms with Gasteiger partial charge in [-0.15, -0.1) is 11.3 Å². The Hall–Kier alpha value is -2.81. The summed E-state index contributed by atoms with van der Waals surface area (Å²) in [5.41, 5.74) is -0.650. The topological polar surface area (TPSA) is 73.1 Å². The van der Waals surface area contributed by atoms with E-state index in [0.717, 1.165) is 16.7 Å². The molecule has 6 nitrogen and oxygen atoms in total. The molecule has 0 atom stereocenters. The lowest BCUT2D eigenvalue weighted by Gasteiger charge is -2.13. The SMILES string of the molecule is CC(C)CCn1c(=O)c2sccc2n(CC(=O)Nc2cc(F)cc(F)c2)c1=O. The van der Waals surface area contributed by atoms with Gasteiger partial charge in [0.25, 0.3) is 5.56 Å². The van der Waals surface area contributed by atoms with E-state index in [2.05, 4.69) is 5.32 Å². The van der Waals surface area contributed by atoms with Crippen LogP contribution in [-0.4, -0.2) is 15.0 Å². The van der Waals surface area contributed by atoms with E-state index < -0.39 is 23.2 Å². The van der Waals surface area contributed by atoms with Crippen molar-refractivity contribution < 1.29 is 13.6 Å². The molecule has 3 aromatic rings. The van der Waals surface area contributed by atoms with Gasteiger partial charge < -0.3 is 5.32 Å². The first-order chi connectivity index (χ1) is 13.3. The minimum absolute atomic E-state index is 0.0507. The van der Waals surface area contributed by atoms with Gasteiger partial charge in [0, 0.05) is 18.3 Å². The number of anilines is 1. The van der Waals surface area contributed by atoms with Gasteiger partial charge in [-0.2, -0.15) is 0 Å². The van der Waals surface area contributed by atoms with Gasteiger partial charge in [0.1, 0.15) is 22.9 Å². The molecule has 2 heterocycles. The molecule has 9 heteroatoms. The van der Waals surface area contributed by atoms with Crippen molar-refractivity contribution in [2.24, 2.45) is 5.92 Å². The second kappa shape index (κ2) is 8.05. The van der Waals surface area contributed by atoms with Crippen LogP contribution in [0.2, 0.25) is 0 Å². The predicted octanol–water partition coefficient (Wildman–Crippen LogP) is 3.19. The highest BCUT2D eigenvalue weighted by atomic mass is 32.1. The molecule has 2 aromatic heterocycles. The van der Waals surface area contributed by atoms with Crippen LogP contribution >= 0.6 is 11.3 Å². The monoisotopic (exact) mass is 407 g/mol. The number of carbonyl (C=O) groups excluding carboxylic acids is 1. The summed E-state index contributed by atoms with van der Waals surface area (Å²) in [6, 6.07) is 4.26. The lowest BCUT2D eigenvalue weighted by Crippen LogP contribution is -2.41. The first-order valence-corrected chi connectivity index (χ1v) is 9.61. The molecular weight excluding hydrogens is 388 g/mol. The molecule has 0 aliphatic rings. The van der Waals surface area contributed by atoms with Gasteiger partial charge in [-0.05, 0) is 35.9 Å². The number of hydrogen-bond donors (Lipinski definition) is 1. The summed E-state index contributed by atoms with van der Waals surface area (Å²) >= 11 is 1.20. The third kappa shape index (κ3) is 4.19. The zero-order chi connectivity index (χ0) is 20.4. The molecule has 0 saturated carbocycles. The molecule has 1 aromatic carbocycles. The fourth-order valence-electron chi connectivity index (χ4n) is 2.84. The number of nitrogens with one attached hydrogen (secondary N) is 1. The molecule has 0 aliphatic heterocycles. The van der Waals surface area contributed by atoms with Gasteiger partial charge in [-0.25, -0.2) is 13.6 Å². The first-order valence-electron chi connectivity index (χ1n) is 8.73. The Bertz CT molecular complexity index is 1130.